The summed E-state index contributed by atoms with van der Waals surface area (Å²) >= 11 is 0. The molecule has 0 radical (unpaired) electrons. The first-order valence-electron chi connectivity index (χ1n) is 8.68. The number of urea groups is 1. The number of para-hydroxylation sites is 1. The third kappa shape index (κ3) is 3.93. The molecule has 1 saturated carbocycles. The third-order valence-electron chi connectivity index (χ3n) is 4.87. The van der Waals surface area contributed by atoms with Crippen LogP contribution in [0.25, 0.3) is 0 Å². The Morgan fingerprint density at radius 3 is 2.18 bits per heavy atom. The van der Waals surface area contributed by atoms with E-state index in [2.05, 4.69) is 34.5 Å². The van der Waals surface area contributed by atoms with E-state index in [4.69, 9.17) is 0 Å². The summed E-state index contributed by atoms with van der Waals surface area (Å²) in [5, 5.41) is 3.25. The molecule has 3 rings (SSSR count). The summed E-state index contributed by atoms with van der Waals surface area (Å²) in [6.07, 6.45) is 7.45. The van der Waals surface area contributed by atoms with E-state index >= 15 is 0 Å². The van der Waals surface area contributed by atoms with Gasteiger partial charge in [0.2, 0.25) is 0 Å². The first-order chi connectivity index (χ1) is 10.8. The highest BCUT2D eigenvalue weighted by Crippen LogP contribution is 2.18. The zero-order valence-electron chi connectivity index (χ0n) is 13.3. The molecule has 0 bridgehead atoms. The molecule has 4 nitrogen and oxygen atoms in total. The molecule has 1 aromatic rings. The van der Waals surface area contributed by atoms with Crippen LogP contribution in [0.4, 0.5) is 10.5 Å². The zero-order chi connectivity index (χ0) is 15.2. The fourth-order valence-corrected chi connectivity index (χ4v) is 3.50. The Morgan fingerprint density at radius 1 is 0.909 bits per heavy atom. The molecule has 0 unspecified atom stereocenters. The van der Waals surface area contributed by atoms with Gasteiger partial charge < -0.3 is 15.1 Å². The summed E-state index contributed by atoms with van der Waals surface area (Å²) < 4.78 is 0. The van der Waals surface area contributed by atoms with E-state index in [0.29, 0.717) is 6.04 Å². The second-order valence-electron chi connectivity index (χ2n) is 6.45. The van der Waals surface area contributed by atoms with Gasteiger partial charge in [0.05, 0.1) is 0 Å². The molecule has 0 spiro atoms. The fourth-order valence-electron chi connectivity index (χ4n) is 3.50. The summed E-state index contributed by atoms with van der Waals surface area (Å²) in [7, 11) is 0. The van der Waals surface area contributed by atoms with Crippen molar-refractivity contribution in [3.05, 3.63) is 30.3 Å². The molecule has 22 heavy (non-hydrogen) atoms. The number of carbonyl (C=O) groups excluding carboxylic acids is 1. The number of hydrogen-bond donors (Lipinski definition) is 1. The maximum absolute atomic E-state index is 12.4. The Kier molecular flexibility index (Phi) is 5.20. The van der Waals surface area contributed by atoms with E-state index in [-0.39, 0.29) is 6.03 Å². The van der Waals surface area contributed by atoms with Gasteiger partial charge in [-0.1, -0.05) is 43.9 Å². The van der Waals surface area contributed by atoms with Gasteiger partial charge in [0, 0.05) is 37.9 Å². The van der Waals surface area contributed by atoms with Crippen molar-refractivity contribution in [1.82, 2.24) is 10.2 Å². The number of hydrogen-bond acceptors (Lipinski definition) is 2. The molecule has 1 aromatic carbocycles. The van der Waals surface area contributed by atoms with Crippen LogP contribution < -0.4 is 10.2 Å². The maximum atomic E-state index is 12.4. The number of anilines is 1. The number of amides is 2. The van der Waals surface area contributed by atoms with Crippen LogP contribution in [-0.4, -0.2) is 43.2 Å². The fraction of sp³-hybridized carbons (Fsp3) is 0.611. The zero-order valence-corrected chi connectivity index (χ0v) is 13.3. The van der Waals surface area contributed by atoms with Crippen LogP contribution in [0.15, 0.2) is 30.3 Å². The van der Waals surface area contributed by atoms with Crippen LogP contribution in [0.5, 0.6) is 0 Å². The Morgan fingerprint density at radius 2 is 1.55 bits per heavy atom. The van der Waals surface area contributed by atoms with Crippen LogP contribution in [0.3, 0.4) is 0 Å². The largest absolute Gasteiger partial charge is 0.368 e. The normalized spacial score (nSPS) is 20.5. The predicted molar refractivity (Wildman–Crippen MR) is 90.2 cm³/mol. The lowest BCUT2D eigenvalue weighted by atomic mass is 10.1. The number of rotatable bonds is 2. The van der Waals surface area contributed by atoms with Gasteiger partial charge in [0.25, 0.3) is 0 Å². The van der Waals surface area contributed by atoms with Gasteiger partial charge in [-0.2, -0.15) is 0 Å². The molecule has 0 atom stereocenters. The lowest BCUT2D eigenvalue weighted by Gasteiger charge is -2.36. The van der Waals surface area contributed by atoms with Crippen molar-refractivity contribution >= 4 is 11.7 Å². The summed E-state index contributed by atoms with van der Waals surface area (Å²) in [5.74, 6) is 0. The van der Waals surface area contributed by atoms with Gasteiger partial charge in [-0.05, 0) is 25.0 Å². The maximum Gasteiger partial charge on any atom is 0.317 e. The number of nitrogens with zero attached hydrogens (tertiary/aromatic N) is 2. The van der Waals surface area contributed by atoms with Crippen LogP contribution in [0.2, 0.25) is 0 Å². The minimum absolute atomic E-state index is 0.139. The second-order valence-corrected chi connectivity index (χ2v) is 6.45. The van der Waals surface area contributed by atoms with Crippen LogP contribution in [0.1, 0.15) is 38.5 Å². The second kappa shape index (κ2) is 7.52. The number of piperazine rings is 1. The number of benzene rings is 1. The summed E-state index contributed by atoms with van der Waals surface area (Å²) in [5.41, 5.74) is 1.26. The molecule has 0 aromatic heterocycles. The van der Waals surface area contributed by atoms with E-state index < -0.39 is 0 Å². The van der Waals surface area contributed by atoms with Crippen LogP contribution in [0, 0.1) is 0 Å². The average molecular weight is 301 g/mol. The smallest absolute Gasteiger partial charge is 0.317 e. The van der Waals surface area contributed by atoms with E-state index in [1.165, 1.54) is 31.4 Å². The van der Waals surface area contributed by atoms with E-state index in [1.54, 1.807) is 0 Å². The standard InChI is InChI=1S/C18H27N3O/c22-18(19-16-8-4-1-2-5-9-16)21-14-12-20(13-15-21)17-10-6-3-7-11-17/h3,6-7,10-11,16H,1-2,4-5,8-9,12-15H2,(H,19,22). The van der Waals surface area contributed by atoms with Gasteiger partial charge in [-0.25, -0.2) is 4.79 Å². The average Bonchev–Trinajstić information content (AvgIpc) is 2.84. The molecular weight excluding hydrogens is 274 g/mol. The Hall–Kier alpha value is -1.71. The van der Waals surface area contributed by atoms with Crippen molar-refractivity contribution in [1.29, 1.82) is 0 Å². The number of nitrogens with one attached hydrogen (secondary N) is 1. The van der Waals surface area contributed by atoms with Gasteiger partial charge in [0.1, 0.15) is 0 Å². The van der Waals surface area contributed by atoms with E-state index in [0.717, 1.165) is 39.0 Å². The first-order valence-corrected chi connectivity index (χ1v) is 8.68. The summed E-state index contributed by atoms with van der Waals surface area (Å²) in [6, 6.07) is 11.0. The molecule has 120 valence electrons. The summed E-state index contributed by atoms with van der Waals surface area (Å²) in [6.45, 7) is 3.46. The highest BCUT2D eigenvalue weighted by molar-refractivity contribution is 5.75. The van der Waals surface area contributed by atoms with Crippen molar-refractivity contribution in [2.45, 2.75) is 44.6 Å². The lowest BCUT2D eigenvalue weighted by Crippen LogP contribution is -2.53. The molecule has 1 N–H and O–H groups in total. The predicted octanol–water partition coefficient (Wildman–Crippen LogP) is 3.24. The lowest BCUT2D eigenvalue weighted by molar-refractivity contribution is 0.189. The molecule has 1 aliphatic heterocycles. The molecule has 4 heteroatoms. The monoisotopic (exact) mass is 301 g/mol. The molecule has 2 fully saturated rings. The van der Waals surface area contributed by atoms with Gasteiger partial charge >= 0.3 is 6.03 Å². The third-order valence-corrected chi connectivity index (χ3v) is 4.87. The Labute approximate surface area is 133 Å². The highest BCUT2D eigenvalue weighted by Gasteiger charge is 2.23. The topological polar surface area (TPSA) is 35.6 Å². The van der Waals surface area contributed by atoms with E-state index in [9.17, 15) is 4.79 Å². The summed E-state index contributed by atoms with van der Waals surface area (Å²) in [4.78, 5) is 16.8. The Balaban J connectivity index is 1.47. The van der Waals surface area contributed by atoms with Gasteiger partial charge in [0.15, 0.2) is 0 Å². The van der Waals surface area contributed by atoms with Gasteiger partial charge in [-0.15, -0.1) is 0 Å². The van der Waals surface area contributed by atoms with Crippen molar-refractivity contribution in [2.24, 2.45) is 0 Å². The van der Waals surface area contributed by atoms with Crippen molar-refractivity contribution in [3.63, 3.8) is 0 Å². The number of carbonyl (C=O) groups is 1. The highest BCUT2D eigenvalue weighted by atomic mass is 16.2. The van der Waals surface area contributed by atoms with Crippen molar-refractivity contribution in [3.8, 4) is 0 Å². The SMILES string of the molecule is O=C(NC1CCCCCC1)N1CCN(c2ccccc2)CC1. The molecule has 2 aliphatic rings. The van der Waals surface area contributed by atoms with Crippen molar-refractivity contribution < 1.29 is 4.79 Å². The van der Waals surface area contributed by atoms with Gasteiger partial charge in [-0.3, -0.25) is 0 Å². The van der Waals surface area contributed by atoms with E-state index in [1.807, 2.05) is 11.0 Å². The first kappa shape index (κ1) is 15.2. The Bertz CT molecular complexity index is 460. The van der Waals surface area contributed by atoms with Crippen LogP contribution in [-0.2, 0) is 0 Å². The minimum atomic E-state index is 0.139. The quantitative estimate of drug-likeness (QED) is 0.851. The molecule has 1 saturated heterocycles. The van der Waals surface area contributed by atoms with Crippen molar-refractivity contribution in [2.75, 3.05) is 31.1 Å². The minimum Gasteiger partial charge on any atom is -0.368 e. The molecule has 2 amide bonds. The molecule has 1 aliphatic carbocycles. The molecule has 1 heterocycles. The van der Waals surface area contributed by atoms with Crippen LogP contribution >= 0.6 is 0 Å². The molecular formula is C18H27N3O.